The third-order valence-corrected chi connectivity index (χ3v) is 7.40. The fraction of sp³-hybridized carbons (Fsp3) is 0.138. The van der Waals surface area contributed by atoms with Crippen LogP contribution in [0.2, 0.25) is 5.02 Å². The van der Waals surface area contributed by atoms with E-state index in [2.05, 4.69) is 72.8 Å². The largest absolute Gasteiger partial charge is 0.325 e. The first-order valence-electron chi connectivity index (χ1n) is 11.7. The average Bonchev–Trinajstić information content (AvgIpc) is 3.28. The summed E-state index contributed by atoms with van der Waals surface area (Å²) < 4.78 is 5.53. The summed E-state index contributed by atoms with van der Waals surface area (Å²) in [7, 11) is 0. The lowest BCUT2D eigenvalue weighted by Gasteiger charge is -2.10. The lowest BCUT2D eigenvalue weighted by Crippen LogP contribution is -2.15. The predicted molar refractivity (Wildman–Crippen MR) is 146 cm³/mol. The number of imidazole rings is 1. The van der Waals surface area contributed by atoms with Crippen LogP contribution in [-0.2, 0) is 13.0 Å². The summed E-state index contributed by atoms with van der Waals surface area (Å²) in [5.74, 6) is -0.146. The first-order chi connectivity index (χ1) is 17.1. The van der Waals surface area contributed by atoms with Gasteiger partial charge in [0.25, 0.3) is 5.91 Å². The fourth-order valence-electron chi connectivity index (χ4n) is 5.13. The number of carbonyl (C=O) groups is 1. The van der Waals surface area contributed by atoms with Crippen LogP contribution < -0.4 is 5.32 Å². The Morgan fingerprint density at radius 2 is 1.71 bits per heavy atom. The molecule has 1 amide bonds. The predicted octanol–water partition coefficient (Wildman–Crippen LogP) is 8.08. The molecule has 35 heavy (non-hydrogen) atoms. The highest BCUT2D eigenvalue weighted by molar-refractivity contribution is 9.10. The zero-order valence-electron chi connectivity index (χ0n) is 19.0. The number of nitrogens with one attached hydrogen (secondary N) is 1. The molecule has 0 fully saturated rings. The number of benzene rings is 3. The average molecular weight is 545 g/mol. The molecule has 1 aliphatic rings. The molecule has 0 aliphatic carbocycles. The van der Waals surface area contributed by atoms with E-state index in [4.69, 9.17) is 11.6 Å². The molecule has 174 valence electrons. The first-order valence-corrected chi connectivity index (χ1v) is 12.9. The van der Waals surface area contributed by atoms with E-state index in [1.807, 2.05) is 30.3 Å². The summed E-state index contributed by atoms with van der Waals surface area (Å²) >= 11 is 9.73. The lowest BCUT2D eigenvalue weighted by molar-refractivity contribution is 0.102. The van der Waals surface area contributed by atoms with Gasteiger partial charge >= 0.3 is 0 Å². The molecule has 0 spiro atoms. The number of hydrogen-bond acceptors (Lipinski definition) is 1. The number of amides is 1. The van der Waals surface area contributed by atoms with Crippen molar-refractivity contribution in [2.45, 2.75) is 25.8 Å². The normalized spacial score (nSPS) is 13.1. The second-order valence-corrected chi connectivity index (χ2v) is 10.2. The highest BCUT2D eigenvalue weighted by Crippen LogP contribution is 2.39. The van der Waals surface area contributed by atoms with Crippen molar-refractivity contribution in [2.24, 2.45) is 0 Å². The molecule has 4 nitrogen and oxygen atoms in total. The summed E-state index contributed by atoms with van der Waals surface area (Å²) in [5, 5.41) is 3.68. The van der Waals surface area contributed by atoms with Crippen LogP contribution in [0.3, 0.4) is 0 Å². The summed E-state index contributed by atoms with van der Waals surface area (Å²) in [5.41, 5.74) is 7.99. The van der Waals surface area contributed by atoms with Gasteiger partial charge in [0.15, 0.2) is 0 Å². The minimum absolute atomic E-state index is 0.146. The van der Waals surface area contributed by atoms with Crippen molar-refractivity contribution in [3.05, 3.63) is 106 Å². The van der Waals surface area contributed by atoms with E-state index in [0.29, 0.717) is 16.4 Å². The van der Waals surface area contributed by atoms with E-state index in [1.165, 1.54) is 5.56 Å². The van der Waals surface area contributed by atoms with Crippen molar-refractivity contribution in [2.75, 3.05) is 5.32 Å². The first kappa shape index (κ1) is 22.2. The number of aryl methyl sites for hydroxylation is 2. The maximum Gasteiger partial charge on any atom is 0.273 e. The van der Waals surface area contributed by atoms with Gasteiger partial charge in [-0.1, -0.05) is 76.1 Å². The van der Waals surface area contributed by atoms with Crippen LogP contribution in [0.5, 0.6) is 0 Å². The quantitative estimate of drug-likeness (QED) is 0.244. The summed E-state index contributed by atoms with van der Waals surface area (Å²) in [6.07, 6.45) is 5.23. The fourth-order valence-corrected chi connectivity index (χ4v) is 5.59. The van der Waals surface area contributed by atoms with E-state index in [9.17, 15) is 4.79 Å². The molecule has 0 radical (unpaired) electrons. The van der Waals surface area contributed by atoms with Crippen molar-refractivity contribution in [1.29, 1.82) is 0 Å². The van der Waals surface area contributed by atoms with Crippen molar-refractivity contribution < 1.29 is 4.79 Å². The van der Waals surface area contributed by atoms with Crippen molar-refractivity contribution >= 4 is 44.8 Å². The second-order valence-electron chi connectivity index (χ2n) is 8.86. The minimum Gasteiger partial charge on any atom is -0.325 e. The zero-order valence-corrected chi connectivity index (χ0v) is 21.3. The van der Waals surface area contributed by atoms with Crippen LogP contribution in [0.1, 0.15) is 28.9 Å². The maximum absolute atomic E-state index is 13.9. The van der Waals surface area contributed by atoms with Gasteiger partial charge in [-0.2, -0.15) is 0 Å². The van der Waals surface area contributed by atoms with Gasteiger partial charge in [0.2, 0.25) is 0 Å². The monoisotopic (exact) mass is 543 g/mol. The number of aromatic nitrogens is 2. The Morgan fingerprint density at radius 3 is 2.49 bits per heavy atom. The van der Waals surface area contributed by atoms with Gasteiger partial charge < -0.3 is 9.88 Å². The van der Waals surface area contributed by atoms with E-state index in [-0.39, 0.29) is 5.91 Å². The van der Waals surface area contributed by atoms with Gasteiger partial charge in [-0.05, 0) is 60.7 Å². The molecule has 0 saturated carbocycles. The number of halogens is 2. The summed E-state index contributed by atoms with van der Waals surface area (Å²) in [6, 6.07) is 25.9. The Bertz CT molecular complexity index is 1550. The smallest absolute Gasteiger partial charge is 0.273 e. The summed E-state index contributed by atoms with van der Waals surface area (Å²) in [6.45, 7) is 0.919. The van der Waals surface area contributed by atoms with Crippen LogP contribution in [0.15, 0.2) is 89.5 Å². The highest BCUT2D eigenvalue weighted by atomic mass is 79.9. The van der Waals surface area contributed by atoms with Gasteiger partial charge in [-0.3, -0.25) is 9.20 Å². The second kappa shape index (κ2) is 9.06. The Hall–Kier alpha value is -3.28. The number of hydrogen-bond donors (Lipinski definition) is 1. The van der Waals surface area contributed by atoms with E-state index in [1.54, 1.807) is 12.1 Å². The third kappa shape index (κ3) is 3.99. The third-order valence-electron chi connectivity index (χ3n) is 6.63. The number of nitrogens with zero attached hydrogens (tertiary/aromatic N) is 2. The van der Waals surface area contributed by atoms with Crippen LogP contribution >= 0.6 is 27.5 Å². The van der Waals surface area contributed by atoms with E-state index in [0.717, 1.165) is 58.3 Å². The van der Waals surface area contributed by atoms with Gasteiger partial charge in [0.1, 0.15) is 11.3 Å². The van der Waals surface area contributed by atoms with Crippen LogP contribution in [-0.4, -0.2) is 14.9 Å². The molecule has 5 aromatic rings. The van der Waals surface area contributed by atoms with Crippen molar-refractivity contribution in [3.63, 3.8) is 0 Å². The van der Waals surface area contributed by atoms with Gasteiger partial charge in [0, 0.05) is 39.1 Å². The Labute approximate surface area is 217 Å². The highest BCUT2D eigenvalue weighted by Gasteiger charge is 2.29. The Balaban J connectivity index is 1.60. The molecule has 6 rings (SSSR count). The standard InChI is InChI=1S/C29H23BrClN3O/c30-21-14-12-19(13-15-21)25-18-34-27(28(35)32-23-10-6-9-22(31)17-23)26(20-7-2-1-3-8-20)24-11-4-5-16-33(25)29(24)34/h1-3,6-10,12-15,17-18H,4-5,11,16H2,(H,32,35). The molecular formula is C29H23BrClN3O. The molecule has 3 aromatic carbocycles. The molecular weight excluding hydrogens is 522 g/mol. The Kier molecular flexibility index (Phi) is 5.75. The van der Waals surface area contributed by atoms with Crippen LogP contribution in [0.4, 0.5) is 5.69 Å². The lowest BCUT2D eigenvalue weighted by atomic mass is 9.98. The number of carbonyl (C=O) groups excluding carboxylic acids is 1. The molecule has 0 saturated heterocycles. The van der Waals surface area contributed by atoms with Gasteiger partial charge in [-0.15, -0.1) is 0 Å². The number of anilines is 1. The molecule has 1 N–H and O–H groups in total. The van der Waals surface area contributed by atoms with Crippen LogP contribution in [0, 0.1) is 0 Å². The van der Waals surface area contributed by atoms with Gasteiger partial charge in [0.05, 0.1) is 5.69 Å². The summed E-state index contributed by atoms with van der Waals surface area (Å²) in [4.78, 5) is 13.9. The van der Waals surface area contributed by atoms with Crippen molar-refractivity contribution in [1.82, 2.24) is 8.97 Å². The topological polar surface area (TPSA) is 38.4 Å². The molecule has 0 unspecified atom stereocenters. The van der Waals surface area contributed by atoms with Gasteiger partial charge in [-0.25, -0.2) is 0 Å². The van der Waals surface area contributed by atoms with E-state index >= 15 is 0 Å². The molecule has 0 bridgehead atoms. The molecule has 0 atom stereocenters. The number of rotatable bonds is 4. The maximum atomic E-state index is 13.9. The minimum atomic E-state index is -0.146. The Morgan fingerprint density at radius 1 is 0.914 bits per heavy atom. The molecule has 2 aromatic heterocycles. The SMILES string of the molecule is O=C(Nc1cccc(Cl)c1)c1c(-c2ccccc2)c2c3n(c(-c4ccc(Br)cc4)cn13)CCCC2. The van der Waals surface area contributed by atoms with E-state index < -0.39 is 0 Å². The molecule has 1 aliphatic heterocycles. The molecule has 6 heteroatoms. The van der Waals surface area contributed by atoms with Crippen LogP contribution in [0.25, 0.3) is 28.0 Å². The van der Waals surface area contributed by atoms with Crippen molar-refractivity contribution in [3.8, 4) is 22.4 Å². The zero-order chi connectivity index (χ0) is 23.9. The molecule has 3 heterocycles.